The highest BCUT2D eigenvalue weighted by molar-refractivity contribution is 5.76. The molecule has 0 aromatic carbocycles. The number of nitrogens with zero attached hydrogens (tertiary/aromatic N) is 4. The van der Waals surface area contributed by atoms with Crippen LogP contribution in [-0.4, -0.2) is 63.8 Å². The molecule has 0 saturated carbocycles. The van der Waals surface area contributed by atoms with Crippen molar-refractivity contribution in [1.29, 1.82) is 0 Å². The van der Waals surface area contributed by atoms with E-state index in [1.165, 1.54) is 11.0 Å². The van der Waals surface area contributed by atoms with Gasteiger partial charge in [-0.05, 0) is 38.0 Å². The van der Waals surface area contributed by atoms with Crippen LogP contribution in [0.4, 0.5) is 14.7 Å². The Morgan fingerprint density at radius 2 is 2.27 bits per heavy atom. The molecule has 7 nitrogen and oxygen atoms in total. The summed E-state index contributed by atoms with van der Waals surface area (Å²) in [6, 6.07) is -1.08. The van der Waals surface area contributed by atoms with Crippen LogP contribution in [0.5, 0.6) is 0 Å². The van der Waals surface area contributed by atoms with E-state index in [4.69, 9.17) is 4.74 Å². The fourth-order valence-electron chi connectivity index (χ4n) is 4.39. The van der Waals surface area contributed by atoms with Gasteiger partial charge in [-0.1, -0.05) is 0 Å². The van der Waals surface area contributed by atoms with Crippen molar-refractivity contribution in [1.82, 2.24) is 19.7 Å². The first kappa shape index (κ1) is 17.6. The van der Waals surface area contributed by atoms with Crippen molar-refractivity contribution in [2.75, 3.05) is 25.0 Å². The Hall–Kier alpha value is -1.77. The number of aromatic nitrogens is 3. The fraction of sp³-hybridized carbons (Fsp3) is 0.824. The zero-order valence-corrected chi connectivity index (χ0v) is 14.7. The highest BCUT2D eigenvalue weighted by Gasteiger charge is 2.39. The molecular formula is C17H25F2N5O2. The summed E-state index contributed by atoms with van der Waals surface area (Å²) in [6.07, 6.45) is 3.36. The minimum atomic E-state index is -2.49. The number of carbonyl (C=O) groups is 1. The SMILES string of the molecule is O=C(C[C@@H]1CCCO1)N1CCC[C@H]([C@@H]2C[C@H](C(F)F)n3ncnc3N2)C1. The molecule has 0 bridgehead atoms. The molecule has 1 aromatic rings. The van der Waals surface area contributed by atoms with Gasteiger partial charge in [0.15, 0.2) is 0 Å². The number of anilines is 1. The Morgan fingerprint density at radius 1 is 1.38 bits per heavy atom. The number of fused-ring (bicyclic) bond motifs is 1. The van der Waals surface area contributed by atoms with Crippen LogP contribution >= 0.6 is 0 Å². The molecule has 0 spiro atoms. The predicted molar refractivity (Wildman–Crippen MR) is 90.0 cm³/mol. The summed E-state index contributed by atoms with van der Waals surface area (Å²) in [5, 5.41) is 7.18. The van der Waals surface area contributed by atoms with Crippen molar-refractivity contribution in [2.45, 2.75) is 63.1 Å². The van der Waals surface area contributed by atoms with Crippen molar-refractivity contribution in [3.05, 3.63) is 6.33 Å². The van der Waals surface area contributed by atoms with Crippen molar-refractivity contribution in [3.63, 3.8) is 0 Å². The number of likely N-dealkylation sites (tertiary alicyclic amines) is 1. The molecule has 0 aliphatic carbocycles. The highest BCUT2D eigenvalue weighted by atomic mass is 19.3. The molecule has 3 aliphatic heterocycles. The van der Waals surface area contributed by atoms with E-state index in [9.17, 15) is 13.6 Å². The lowest BCUT2D eigenvalue weighted by atomic mass is 9.86. The number of amides is 1. The van der Waals surface area contributed by atoms with Gasteiger partial charge in [0.05, 0.1) is 12.5 Å². The van der Waals surface area contributed by atoms with Gasteiger partial charge in [0.1, 0.15) is 12.4 Å². The number of halogens is 2. The normalized spacial score (nSPS) is 31.7. The number of carbonyl (C=O) groups excluding carboxylic acids is 1. The molecule has 0 radical (unpaired) electrons. The summed E-state index contributed by atoms with van der Waals surface area (Å²) in [7, 11) is 0. The van der Waals surface area contributed by atoms with E-state index in [2.05, 4.69) is 15.4 Å². The van der Waals surface area contributed by atoms with Crippen LogP contribution in [-0.2, 0) is 9.53 Å². The summed E-state index contributed by atoms with van der Waals surface area (Å²) in [5.41, 5.74) is 0. The average molecular weight is 369 g/mol. The Labute approximate surface area is 151 Å². The minimum absolute atomic E-state index is 0.0393. The number of rotatable bonds is 4. The second-order valence-electron chi connectivity index (χ2n) is 7.50. The highest BCUT2D eigenvalue weighted by Crippen LogP contribution is 2.35. The third-order valence-electron chi connectivity index (χ3n) is 5.79. The topological polar surface area (TPSA) is 72.3 Å². The summed E-state index contributed by atoms with van der Waals surface area (Å²) >= 11 is 0. The van der Waals surface area contributed by atoms with Crippen LogP contribution in [0.3, 0.4) is 0 Å². The van der Waals surface area contributed by atoms with Crippen LogP contribution in [0.25, 0.3) is 0 Å². The van der Waals surface area contributed by atoms with Crippen LogP contribution in [0, 0.1) is 5.92 Å². The Balaban J connectivity index is 1.40. The molecule has 0 unspecified atom stereocenters. The van der Waals surface area contributed by atoms with E-state index in [0.717, 1.165) is 38.8 Å². The van der Waals surface area contributed by atoms with E-state index in [1.807, 2.05) is 4.90 Å². The molecule has 3 aliphatic rings. The van der Waals surface area contributed by atoms with Gasteiger partial charge in [0.25, 0.3) is 6.43 Å². The molecule has 4 atom stereocenters. The lowest BCUT2D eigenvalue weighted by Gasteiger charge is -2.40. The first-order valence-electron chi connectivity index (χ1n) is 9.45. The van der Waals surface area contributed by atoms with Gasteiger partial charge >= 0.3 is 0 Å². The quantitative estimate of drug-likeness (QED) is 0.880. The van der Waals surface area contributed by atoms with Crippen molar-refractivity contribution in [2.24, 2.45) is 5.92 Å². The van der Waals surface area contributed by atoms with Crippen molar-refractivity contribution in [3.8, 4) is 0 Å². The molecule has 4 rings (SSSR count). The third-order valence-corrected chi connectivity index (χ3v) is 5.79. The van der Waals surface area contributed by atoms with Crippen LogP contribution < -0.4 is 5.32 Å². The molecule has 26 heavy (non-hydrogen) atoms. The molecular weight excluding hydrogens is 344 g/mol. The van der Waals surface area contributed by atoms with Crippen LogP contribution in [0.15, 0.2) is 6.33 Å². The number of hydrogen-bond acceptors (Lipinski definition) is 5. The van der Waals surface area contributed by atoms with Gasteiger partial charge in [-0.2, -0.15) is 10.1 Å². The zero-order chi connectivity index (χ0) is 18.1. The maximum absolute atomic E-state index is 13.5. The van der Waals surface area contributed by atoms with Crippen molar-refractivity contribution < 1.29 is 18.3 Å². The fourth-order valence-corrected chi connectivity index (χ4v) is 4.39. The number of ether oxygens (including phenoxy) is 1. The lowest BCUT2D eigenvalue weighted by molar-refractivity contribution is -0.135. The molecule has 4 heterocycles. The van der Waals surface area contributed by atoms with E-state index in [-0.39, 0.29) is 24.0 Å². The van der Waals surface area contributed by atoms with Crippen molar-refractivity contribution >= 4 is 11.9 Å². The summed E-state index contributed by atoms with van der Waals surface area (Å²) in [5.74, 6) is 0.657. The average Bonchev–Trinajstić information content (AvgIpc) is 3.32. The maximum Gasteiger partial charge on any atom is 0.260 e. The monoisotopic (exact) mass is 369 g/mol. The van der Waals surface area contributed by atoms with Gasteiger partial charge in [0.2, 0.25) is 11.9 Å². The number of hydrogen-bond donors (Lipinski definition) is 1. The first-order valence-corrected chi connectivity index (χ1v) is 9.45. The second kappa shape index (κ2) is 7.46. The van der Waals surface area contributed by atoms with Gasteiger partial charge in [-0.25, -0.2) is 13.5 Å². The summed E-state index contributed by atoms with van der Waals surface area (Å²) in [4.78, 5) is 18.5. The van der Waals surface area contributed by atoms with Gasteiger partial charge in [0, 0.05) is 25.7 Å². The summed E-state index contributed by atoms with van der Waals surface area (Å²) in [6.45, 7) is 2.08. The smallest absolute Gasteiger partial charge is 0.260 e. The standard InChI is InChI=1S/C17H25F2N5O2/c18-16(19)14-8-13(22-17-20-10-21-24(14)17)11-3-1-5-23(9-11)15(25)7-12-4-2-6-26-12/h10-14,16H,1-9H2,(H,20,21,22)/t11-,12-,13-,14+/m0/s1. The second-order valence-corrected chi connectivity index (χ2v) is 7.50. The third kappa shape index (κ3) is 3.54. The van der Waals surface area contributed by atoms with Crippen LogP contribution in [0.2, 0.25) is 0 Å². The number of nitrogens with one attached hydrogen (secondary N) is 1. The number of alkyl halides is 2. The first-order chi connectivity index (χ1) is 12.6. The molecule has 1 N–H and O–H groups in total. The van der Waals surface area contributed by atoms with E-state index in [0.29, 0.717) is 25.3 Å². The largest absolute Gasteiger partial charge is 0.378 e. The molecule has 1 aromatic heterocycles. The van der Waals surface area contributed by atoms with E-state index < -0.39 is 12.5 Å². The number of piperidine rings is 1. The lowest BCUT2D eigenvalue weighted by Crippen LogP contribution is -2.48. The maximum atomic E-state index is 13.5. The van der Waals surface area contributed by atoms with Gasteiger partial charge in [-0.3, -0.25) is 4.79 Å². The van der Waals surface area contributed by atoms with Gasteiger partial charge in [-0.15, -0.1) is 0 Å². The molecule has 9 heteroatoms. The predicted octanol–water partition coefficient (Wildman–Crippen LogP) is 2.08. The van der Waals surface area contributed by atoms with Gasteiger partial charge < -0.3 is 15.0 Å². The minimum Gasteiger partial charge on any atom is -0.378 e. The molecule has 1 amide bonds. The van der Waals surface area contributed by atoms with E-state index >= 15 is 0 Å². The Kier molecular flexibility index (Phi) is 5.06. The molecule has 2 saturated heterocycles. The molecule has 144 valence electrons. The van der Waals surface area contributed by atoms with E-state index in [1.54, 1.807) is 0 Å². The summed E-state index contributed by atoms with van der Waals surface area (Å²) < 4.78 is 33.8. The van der Waals surface area contributed by atoms with Crippen LogP contribution in [0.1, 0.15) is 44.6 Å². The Morgan fingerprint density at radius 3 is 3.04 bits per heavy atom. The molecule has 2 fully saturated rings. The zero-order valence-electron chi connectivity index (χ0n) is 14.7. The Bertz CT molecular complexity index is 634.